The van der Waals surface area contributed by atoms with Crippen LogP contribution in [0, 0.1) is 0 Å². The number of rotatable bonds is 8. The van der Waals surface area contributed by atoms with Gasteiger partial charge in [0, 0.05) is 20.2 Å². The zero-order valence-electron chi connectivity index (χ0n) is 10.9. The topological polar surface area (TPSA) is 72.9 Å². The van der Waals surface area contributed by atoms with Crippen LogP contribution in [0.3, 0.4) is 0 Å². The van der Waals surface area contributed by atoms with Gasteiger partial charge in [0.15, 0.2) is 0 Å². The van der Waals surface area contributed by atoms with Crippen molar-refractivity contribution in [1.29, 1.82) is 0 Å². The number of esters is 1. The molecule has 6 nitrogen and oxygen atoms in total. The average molecular weight is 307 g/mol. The molecule has 0 aromatic carbocycles. The predicted molar refractivity (Wildman–Crippen MR) is 71.6 cm³/mol. The summed E-state index contributed by atoms with van der Waals surface area (Å²) in [7, 11) is -0.800. The molecule has 0 amide bonds. The van der Waals surface area contributed by atoms with E-state index in [9.17, 15) is 13.2 Å². The summed E-state index contributed by atoms with van der Waals surface area (Å²) in [5.41, 5.74) is 0. The van der Waals surface area contributed by atoms with Crippen molar-refractivity contribution in [2.75, 3.05) is 33.9 Å². The normalized spacial score (nSPS) is 11.7. The van der Waals surface area contributed by atoms with Crippen molar-refractivity contribution < 1.29 is 22.7 Å². The lowest BCUT2D eigenvalue weighted by Gasteiger charge is -2.20. The number of carbonyl (C=O) groups is 1. The summed E-state index contributed by atoms with van der Waals surface area (Å²) < 4.78 is 35.6. The number of sulfonamides is 1. The first-order chi connectivity index (χ1) is 9.02. The first-order valence-corrected chi connectivity index (χ1v) is 7.93. The van der Waals surface area contributed by atoms with Gasteiger partial charge < -0.3 is 9.47 Å². The molecule has 0 aliphatic heterocycles. The molecule has 0 atom stereocenters. The number of ether oxygens (including phenoxy) is 2. The highest BCUT2D eigenvalue weighted by Gasteiger charge is 2.25. The molecule has 0 spiro atoms. The number of hydrogen-bond donors (Lipinski definition) is 0. The first-order valence-electron chi connectivity index (χ1n) is 5.61. The molecule has 1 rings (SSSR count). The van der Waals surface area contributed by atoms with Crippen molar-refractivity contribution >= 4 is 27.3 Å². The molecule has 1 heterocycles. The van der Waals surface area contributed by atoms with Gasteiger partial charge in [0.05, 0.1) is 20.1 Å². The Hall–Kier alpha value is -0.960. The van der Waals surface area contributed by atoms with E-state index >= 15 is 0 Å². The highest BCUT2D eigenvalue weighted by Crippen LogP contribution is 2.20. The maximum atomic E-state index is 12.3. The summed E-state index contributed by atoms with van der Waals surface area (Å²) >= 11 is 1.15. The van der Waals surface area contributed by atoms with Gasteiger partial charge in [-0.3, -0.25) is 4.79 Å². The van der Waals surface area contributed by atoms with Crippen molar-refractivity contribution in [3.05, 3.63) is 17.5 Å². The smallest absolute Gasteiger partial charge is 0.306 e. The third-order valence-corrected chi connectivity index (χ3v) is 5.70. The predicted octanol–water partition coefficient (Wildman–Crippen LogP) is 0.948. The number of hydrogen-bond acceptors (Lipinski definition) is 6. The van der Waals surface area contributed by atoms with Gasteiger partial charge in [-0.05, 0) is 11.4 Å². The third-order valence-electron chi connectivity index (χ3n) is 2.43. The number of nitrogens with zero attached hydrogens (tertiary/aromatic N) is 1. The summed E-state index contributed by atoms with van der Waals surface area (Å²) in [5, 5.41) is 1.70. The lowest BCUT2D eigenvalue weighted by Crippen LogP contribution is -2.35. The zero-order valence-corrected chi connectivity index (χ0v) is 12.5. The molecule has 0 fully saturated rings. The van der Waals surface area contributed by atoms with E-state index in [-0.39, 0.29) is 30.3 Å². The van der Waals surface area contributed by atoms with Gasteiger partial charge in [-0.1, -0.05) is 6.07 Å². The molecule has 0 aliphatic rings. The molecule has 0 radical (unpaired) electrons. The van der Waals surface area contributed by atoms with E-state index in [1.165, 1.54) is 24.6 Å². The average Bonchev–Trinajstić information content (AvgIpc) is 2.92. The molecule has 1 aromatic heterocycles. The minimum absolute atomic E-state index is 0.0187. The molecule has 1 aromatic rings. The molecule has 0 N–H and O–H groups in total. The van der Waals surface area contributed by atoms with E-state index < -0.39 is 16.0 Å². The Kier molecular flexibility index (Phi) is 6.43. The Morgan fingerprint density at radius 3 is 2.63 bits per heavy atom. The van der Waals surface area contributed by atoms with Gasteiger partial charge >= 0.3 is 5.97 Å². The molecule has 0 saturated carbocycles. The van der Waals surface area contributed by atoms with E-state index in [2.05, 4.69) is 4.74 Å². The first kappa shape index (κ1) is 16.1. The maximum Gasteiger partial charge on any atom is 0.306 e. The largest absolute Gasteiger partial charge is 0.469 e. The van der Waals surface area contributed by atoms with Gasteiger partial charge in [-0.25, -0.2) is 8.42 Å². The lowest BCUT2D eigenvalue weighted by molar-refractivity contribution is -0.140. The molecule has 8 heteroatoms. The second-order valence-corrected chi connectivity index (χ2v) is 6.77. The van der Waals surface area contributed by atoms with E-state index in [1.54, 1.807) is 11.4 Å². The standard InChI is InChI=1S/C11H17NO5S2/c1-16-8-7-12(6-5-10(13)17-2)19(14,15)11-4-3-9-18-11/h3-4,9H,5-8H2,1-2H3. The molecule has 0 saturated heterocycles. The lowest BCUT2D eigenvalue weighted by atomic mass is 10.4. The highest BCUT2D eigenvalue weighted by molar-refractivity contribution is 7.91. The Morgan fingerprint density at radius 2 is 2.11 bits per heavy atom. The SMILES string of the molecule is COCCN(CCC(=O)OC)S(=O)(=O)c1cccs1. The van der Waals surface area contributed by atoms with Crippen LogP contribution in [0.5, 0.6) is 0 Å². The fourth-order valence-corrected chi connectivity index (χ4v) is 3.97. The second kappa shape index (κ2) is 7.59. The fraction of sp³-hybridized carbons (Fsp3) is 0.545. The van der Waals surface area contributed by atoms with Crippen LogP contribution in [0.4, 0.5) is 0 Å². The van der Waals surface area contributed by atoms with E-state index in [1.807, 2.05) is 0 Å². The van der Waals surface area contributed by atoms with Gasteiger partial charge in [0.1, 0.15) is 4.21 Å². The minimum Gasteiger partial charge on any atom is -0.469 e. The summed E-state index contributed by atoms with van der Waals surface area (Å²) in [6, 6.07) is 3.21. The molecule has 0 unspecified atom stereocenters. The van der Waals surface area contributed by atoms with Crippen LogP contribution < -0.4 is 0 Å². The Bertz CT molecular complexity index is 483. The Labute approximate surface area is 117 Å². The van der Waals surface area contributed by atoms with Crippen LogP contribution in [0.15, 0.2) is 21.7 Å². The van der Waals surface area contributed by atoms with E-state index in [0.29, 0.717) is 0 Å². The van der Waals surface area contributed by atoms with Crippen LogP contribution in [-0.4, -0.2) is 52.6 Å². The Balaban J connectivity index is 2.81. The van der Waals surface area contributed by atoms with Crippen molar-refractivity contribution in [3.63, 3.8) is 0 Å². The van der Waals surface area contributed by atoms with Crippen LogP contribution in [0.2, 0.25) is 0 Å². The van der Waals surface area contributed by atoms with Crippen LogP contribution in [0.1, 0.15) is 6.42 Å². The molecular weight excluding hydrogens is 290 g/mol. The van der Waals surface area contributed by atoms with Crippen LogP contribution in [-0.2, 0) is 24.3 Å². The van der Waals surface area contributed by atoms with Gasteiger partial charge in [-0.15, -0.1) is 11.3 Å². The van der Waals surface area contributed by atoms with Crippen molar-refractivity contribution in [2.45, 2.75) is 10.6 Å². The summed E-state index contributed by atoms with van der Waals surface area (Å²) in [5.74, 6) is -0.441. The van der Waals surface area contributed by atoms with Crippen molar-refractivity contribution in [1.82, 2.24) is 4.31 Å². The monoisotopic (exact) mass is 307 g/mol. The van der Waals surface area contributed by atoms with E-state index in [0.717, 1.165) is 11.3 Å². The van der Waals surface area contributed by atoms with Crippen molar-refractivity contribution in [3.8, 4) is 0 Å². The van der Waals surface area contributed by atoms with Gasteiger partial charge in [0.25, 0.3) is 10.0 Å². The highest BCUT2D eigenvalue weighted by atomic mass is 32.2. The van der Waals surface area contributed by atoms with Crippen LogP contribution in [0.25, 0.3) is 0 Å². The molecular formula is C11H17NO5S2. The fourth-order valence-electron chi connectivity index (χ4n) is 1.40. The molecule has 19 heavy (non-hydrogen) atoms. The van der Waals surface area contributed by atoms with E-state index in [4.69, 9.17) is 4.74 Å². The number of methoxy groups -OCH3 is 2. The Morgan fingerprint density at radius 1 is 1.37 bits per heavy atom. The number of thiophene rings is 1. The second-order valence-electron chi connectivity index (χ2n) is 3.66. The number of carbonyl (C=O) groups excluding carboxylic acids is 1. The minimum atomic E-state index is -3.57. The van der Waals surface area contributed by atoms with Gasteiger partial charge in [-0.2, -0.15) is 4.31 Å². The summed E-state index contributed by atoms with van der Waals surface area (Å²) in [6.45, 7) is 0.551. The molecule has 0 aliphatic carbocycles. The third kappa shape index (κ3) is 4.57. The van der Waals surface area contributed by atoms with Crippen molar-refractivity contribution in [2.24, 2.45) is 0 Å². The molecule has 108 valence electrons. The summed E-state index contributed by atoms with van der Waals surface area (Å²) in [4.78, 5) is 11.1. The maximum absolute atomic E-state index is 12.3. The van der Waals surface area contributed by atoms with Gasteiger partial charge in [0.2, 0.25) is 0 Å². The molecule has 0 bridgehead atoms. The quantitative estimate of drug-likeness (QED) is 0.669. The van der Waals surface area contributed by atoms with Crippen LogP contribution >= 0.6 is 11.3 Å². The zero-order chi connectivity index (χ0) is 14.3. The summed E-state index contributed by atoms with van der Waals surface area (Å²) in [6.07, 6.45) is 0.0187.